The van der Waals surface area contributed by atoms with Crippen LogP contribution in [-0.4, -0.2) is 41.1 Å². The van der Waals surface area contributed by atoms with Crippen LogP contribution in [0, 0.1) is 27.9 Å². The number of allylic oxidation sites excluding steroid dienone is 2. The van der Waals surface area contributed by atoms with Crippen molar-refractivity contribution < 1.29 is 38.4 Å². The molecule has 3 unspecified atom stereocenters. The van der Waals surface area contributed by atoms with Gasteiger partial charge in [-0.25, -0.2) is 9.59 Å². The predicted octanol–water partition coefficient (Wildman–Crippen LogP) is 4.56. The van der Waals surface area contributed by atoms with Crippen molar-refractivity contribution in [3.05, 3.63) is 112 Å². The van der Waals surface area contributed by atoms with Gasteiger partial charge in [0.2, 0.25) is 11.8 Å². The maximum Gasteiger partial charge on any atom is 0.343 e. The third kappa shape index (κ3) is 5.57. The number of benzene rings is 3. The lowest BCUT2D eigenvalue weighted by atomic mass is 9.78. The van der Waals surface area contributed by atoms with E-state index in [-0.39, 0.29) is 51.8 Å². The van der Waals surface area contributed by atoms with E-state index < -0.39 is 35.2 Å². The van der Waals surface area contributed by atoms with Gasteiger partial charge in [-0.1, -0.05) is 19.1 Å². The van der Waals surface area contributed by atoms with Crippen LogP contribution >= 0.6 is 0 Å². The highest BCUT2D eigenvalue weighted by atomic mass is 16.6. The summed E-state index contributed by atoms with van der Waals surface area (Å²) in [6, 6.07) is 16.4. The average Bonchev–Trinajstić information content (AvgIpc) is 3.26. The molecule has 1 aliphatic carbocycles. The average molecular weight is 569 g/mol. The second-order valence-corrected chi connectivity index (χ2v) is 9.93. The quantitative estimate of drug-likeness (QED) is 0.0725. The molecule has 2 aliphatic rings. The van der Waals surface area contributed by atoms with Crippen molar-refractivity contribution in [2.45, 2.75) is 13.3 Å². The molecule has 0 bridgehead atoms. The first-order chi connectivity index (χ1) is 20.1. The second-order valence-electron chi connectivity index (χ2n) is 9.93. The first kappa shape index (κ1) is 28.1. The van der Waals surface area contributed by atoms with Gasteiger partial charge in [0.05, 0.1) is 33.6 Å². The Bertz CT molecular complexity index is 1610. The fourth-order valence-corrected chi connectivity index (χ4v) is 5.04. The molecular formula is C31H24N2O9. The number of anilines is 1. The minimum Gasteiger partial charge on any atom is -0.454 e. The number of rotatable bonds is 8. The number of hydrogen-bond donors (Lipinski definition) is 0. The standard InChI is InChI=1S/C31H24N2O9/c1-18-3-2-4-25-27(18)29(36)32(28(25)35)22-11-5-20(6-12-22)30(37)41-17-26(34)19-9-15-24(16-10-19)42-31(38)21-7-13-23(14-8-21)33(39)40/h2-3,5-16,18,25,27H,4,17H2,1H3. The predicted molar refractivity (Wildman–Crippen MR) is 148 cm³/mol. The summed E-state index contributed by atoms with van der Waals surface area (Å²) < 4.78 is 10.4. The maximum atomic E-state index is 13.0. The molecule has 0 saturated carbocycles. The van der Waals surface area contributed by atoms with Crippen molar-refractivity contribution in [3.8, 4) is 5.75 Å². The number of ketones is 1. The van der Waals surface area contributed by atoms with E-state index in [0.717, 1.165) is 0 Å². The summed E-state index contributed by atoms with van der Waals surface area (Å²) in [7, 11) is 0. The monoisotopic (exact) mass is 568 g/mol. The number of ether oxygens (including phenoxy) is 2. The first-order valence-electron chi connectivity index (χ1n) is 13.1. The molecule has 1 heterocycles. The van der Waals surface area contributed by atoms with Crippen molar-refractivity contribution in [2.75, 3.05) is 11.5 Å². The lowest BCUT2D eigenvalue weighted by molar-refractivity contribution is -0.384. The molecule has 1 aliphatic heterocycles. The molecule has 0 radical (unpaired) electrons. The zero-order valence-corrected chi connectivity index (χ0v) is 22.3. The Morgan fingerprint density at radius 3 is 2.07 bits per heavy atom. The number of amides is 2. The smallest absolute Gasteiger partial charge is 0.343 e. The molecule has 212 valence electrons. The van der Waals surface area contributed by atoms with Crippen molar-refractivity contribution in [1.82, 2.24) is 0 Å². The Morgan fingerprint density at radius 2 is 1.45 bits per heavy atom. The maximum absolute atomic E-state index is 13.0. The van der Waals surface area contributed by atoms with Gasteiger partial charge in [-0.05, 0) is 73.0 Å². The van der Waals surface area contributed by atoms with Gasteiger partial charge >= 0.3 is 11.9 Å². The van der Waals surface area contributed by atoms with Gasteiger partial charge < -0.3 is 9.47 Å². The fourth-order valence-electron chi connectivity index (χ4n) is 5.04. The summed E-state index contributed by atoms with van der Waals surface area (Å²) in [6.45, 7) is 1.37. The van der Waals surface area contributed by atoms with E-state index in [1.54, 1.807) is 0 Å². The lowest BCUT2D eigenvalue weighted by Gasteiger charge is -2.22. The summed E-state index contributed by atoms with van der Waals surface area (Å²) >= 11 is 0. The number of Topliss-reactive ketones (excluding diaryl/α,β-unsaturated/α-hetero) is 1. The van der Waals surface area contributed by atoms with Crippen LogP contribution in [0.3, 0.4) is 0 Å². The van der Waals surface area contributed by atoms with E-state index in [9.17, 15) is 34.1 Å². The largest absolute Gasteiger partial charge is 0.454 e. The summed E-state index contributed by atoms with van der Waals surface area (Å²) in [5, 5.41) is 10.7. The highest BCUT2D eigenvalue weighted by Crippen LogP contribution is 2.40. The molecule has 1 fully saturated rings. The molecular weight excluding hydrogens is 544 g/mol. The number of esters is 2. The van der Waals surface area contributed by atoms with Crippen molar-refractivity contribution in [1.29, 1.82) is 0 Å². The number of imide groups is 1. The normalized spacial score (nSPS) is 19.3. The van der Waals surface area contributed by atoms with Crippen molar-refractivity contribution in [2.24, 2.45) is 17.8 Å². The topological polar surface area (TPSA) is 150 Å². The number of fused-ring (bicyclic) bond motifs is 1. The fraction of sp³-hybridized carbons (Fsp3) is 0.194. The number of carbonyl (C=O) groups excluding carboxylic acids is 5. The SMILES string of the molecule is CC1C=CCC2C(=O)N(c3ccc(C(=O)OCC(=O)c4ccc(OC(=O)c5ccc([N+](=O)[O-])cc5)cc4)cc3)C(=O)C12. The summed E-state index contributed by atoms with van der Waals surface area (Å²) in [4.78, 5) is 74.5. The van der Waals surface area contributed by atoms with E-state index in [4.69, 9.17) is 9.47 Å². The molecule has 3 aromatic carbocycles. The Morgan fingerprint density at radius 1 is 0.857 bits per heavy atom. The Hall–Kier alpha value is -5.45. The molecule has 3 atom stereocenters. The Balaban J connectivity index is 1.14. The summed E-state index contributed by atoms with van der Waals surface area (Å²) in [6.07, 6.45) is 4.39. The summed E-state index contributed by atoms with van der Waals surface area (Å²) in [5.41, 5.74) is 0.682. The molecule has 42 heavy (non-hydrogen) atoms. The zero-order valence-electron chi connectivity index (χ0n) is 22.3. The van der Waals surface area contributed by atoms with Gasteiger partial charge in [-0.3, -0.25) is 29.4 Å². The number of nitrogens with zero attached hydrogens (tertiary/aromatic N) is 2. The number of hydrogen-bond acceptors (Lipinski definition) is 9. The molecule has 11 nitrogen and oxygen atoms in total. The second kappa shape index (κ2) is 11.6. The minimum atomic E-state index is -0.755. The van der Waals surface area contributed by atoms with Crippen LogP contribution in [0.1, 0.15) is 44.4 Å². The van der Waals surface area contributed by atoms with Gasteiger partial charge in [0, 0.05) is 17.7 Å². The highest BCUT2D eigenvalue weighted by molar-refractivity contribution is 6.22. The molecule has 11 heteroatoms. The minimum absolute atomic E-state index is 0.0365. The molecule has 3 aromatic rings. The van der Waals surface area contributed by atoms with E-state index in [1.165, 1.54) is 77.7 Å². The van der Waals surface area contributed by atoms with Crippen LogP contribution in [-0.2, 0) is 14.3 Å². The Labute approximate surface area is 239 Å². The van der Waals surface area contributed by atoms with Gasteiger partial charge in [0.25, 0.3) is 5.69 Å². The van der Waals surface area contributed by atoms with Crippen molar-refractivity contribution in [3.63, 3.8) is 0 Å². The van der Waals surface area contributed by atoms with E-state index in [0.29, 0.717) is 12.1 Å². The highest BCUT2D eigenvalue weighted by Gasteiger charge is 2.50. The van der Waals surface area contributed by atoms with Gasteiger partial charge in [0.15, 0.2) is 12.4 Å². The van der Waals surface area contributed by atoms with E-state index in [1.807, 2.05) is 19.1 Å². The van der Waals surface area contributed by atoms with Crippen LogP contribution in [0.4, 0.5) is 11.4 Å². The van der Waals surface area contributed by atoms with Gasteiger partial charge in [-0.15, -0.1) is 0 Å². The van der Waals surface area contributed by atoms with Crippen LogP contribution in [0.25, 0.3) is 0 Å². The zero-order chi connectivity index (χ0) is 30.0. The van der Waals surface area contributed by atoms with Crippen molar-refractivity contribution >= 4 is 40.9 Å². The number of carbonyl (C=O) groups is 5. The first-order valence-corrected chi connectivity index (χ1v) is 13.1. The van der Waals surface area contributed by atoms with Crippen LogP contribution in [0.5, 0.6) is 5.75 Å². The molecule has 0 aromatic heterocycles. The molecule has 5 rings (SSSR count). The number of nitro groups is 1. The molecule has 2 amide bonds. The third-order valence-electron chi connectivity index (χ3n) is 7.27. The third-order valence-corrected chi connectivity index (χ3v) is 7.27. The van der Waals surface area contributed by atoms with Gasteiger partial charge in [-0.2, -0.15) is 0 Å². The van der Waals surface area contributed by atoms with E-state index in [2.05, 4.69) is 0 Å². The van der Waals surface area contributed by atoms with Crippen LogP contribution < -0.4 is 9.64 Å². The Kier molecular flexibility index (Phi) is 7.74. The molecule has 1 saturated heterocycles. The van der Waals surface area contributed by atoms with Gasteiger partial charge in [0.1, 0.15) is 5.75 Å². The lowest BCUT2D eigenvalue weighted by Crippen LogP contribution is -2.31. The van der Waals surface area contributed by atoms with E-state index >= 15 is 0 Å². The van der Waals surface area contributed by atoms with Crippen LogP contribution in [0.2, 0.25) is 0 Å². The summed E-state index contributed by atoms with van der Waals surface area (Å²) in [5.74, 6) is -3.16. The molecule has 0 spiro atoms. The molecule has 0 N–H and O–H groups in total. The number of nitro benzene ring substituents is 1. The number of non-ortho nitro benzene ring substituents is 1. The van der Waals surface area contributed by atoms with Crippen LogP contribution in [0.15, 0.2) is 84.9 Å².